The number of aliphatic hydroxyl groups excluding tert-OH is 1. The fourth-order valence-electron chi connectivity index (χ4n) is 1.56. The first-order valence-corrected chi connectivity index (χ1v) is 7.61. The van der Waals surface area contributed by atoms with Crippen LogP contribution in [0.4, 0.5) is 5.69 Å². The molecule has 0 aliphatic rings. The van der Waals surface area contributed by atoms with Crippen LogP contribution in [0.2, 0.25) is 0 Å². The Kier molecular flexibility index (Phi) is 4.95. The molecule has 1 aromatic carbocycles. The molecule has 0 aromatic heterocycles. The molecule has 0 aliphatic heterocycles. The van der Waals surface area contributed by atoms with Gasteiger partial charge in [0.2, 0.25) is 10.0 Å². The van der Waals surface area contributed by atoms with Crippen LogP contribution >= 0.6 is 0 Å². The van der Waals surface area contributed by atoms with E-state index in [9.17, 15) is 13.5 Å². The van der Waals surface area contributed by atoms with Gasteiger partial charge in [0.1, 0.15) is 4.90 Å². The summed E-state index contributed by atoms with van der Waals surface area (Å²) in [5.74, 6) is 0. The Morgan fingerprint density at radius 3 is 2.37 bits per heavy atom. The van der Waals surface area contributed by atoms with Crippen LogP contribution < -0.4 is 5.32 Å². The Morgan fingerprint density at radius 1 is 1.32 bits per heavy atom. The van der Waals surface area contributed by atoms with Gasteiger partial charge < -0.3 is 10.4 Å². The van der Waals surface area contributed by atoms with Crippen LogP contribution in [-0.2, 0) is 10.0 Å². The molecule has 1 atom stereocenters. The van der Waals surface area contributed by atoms with Gasteiger partial charge in [0, 0.05) is 14.1 Å². The monoisotopic (exact) mass is 286 g/mol. The highest BCUT2D eigenvalue weighted by atomic mass is 32.2. The minimum Gasteiger partial charge on any atom is -0.394 e. The molecule has 0 bridgehead atoms. The van der Waals surface area contributed by atoms with Gasteiger partial charge in [-0.3, -0.25) is 0 Å². The largest absolute Gasteiger partial charge is 0.394 e. The molecule has 2 N–H and O–H groups in total. The molecule has 0 spiro atoms. The van der Waals surface area contributed by atoms with Crippen molar-refractivity contribution in [1.29, 1.82) is 0 Å². The van der Waals surface area contributed by atoms with Crippen LogP contribution in [0.3, 0.4) is 0 Å². The SMILES string of the molecule is CCC(C)(CO)Nc1ccccc1S(=O)(=O)N(C)C. The number of aliphatic hydroxyl groups is 1. The van der Waals surface area contributed by atoms with Crippen LogP contribution in [0, 0.1) is 0 Å². The molecule has 108 valence electrons. The number of hydrogen-bond donors (Lipinski definition) is 2. The zero-order valence-electron chi connectivity index (χ0n) is 11.8. The van der Waals surface area contributed by atoms with Gasteiger partial charge in [0.05, 0.1) is 17.8 Å². The second-order valence-electron chi connectivity index (χ2n) is 4.98. The Hall–Kier alpha value is -1.11. The van der Waals surface area contributed by atoms with E-state index < -0.39 is 15.6 Å². The number of nitrogens with zero attached hydrogens (tertiary/aromatic N) is 1. The summed E-state index contributed by atoms with van der Waals surface area (Å²) in [5.41, 5.74) is -0.0348. The summed E-state index contributed by atoms with van der Waals surface area (Å²) in [7, 11) is -0.513. The van der Waals surface area contributed by atoms with E-state index in [1.165, 1.54) is 18.4 Å². The van der Waals surface area contributed by atoms with E-state index >= 15 is 0 Å². The van der Waals surface area contributed by atoms with E-state index in [0.717, 1.165) is 0 Å². The summed E-state index contributed by atoms with van der Waals surface area (Å²) in [6.07, 6.45) is 0.680. The van der Waals surface area contributed by atoms with Gasteiger partial charge in [0.25, 0.3) is 0 Å². The van der Waals surface area contributed by atoms with Gasteiger partial charge in [-0.05, 0) is 25.5 Å². The van der Waals surface area contributed by atoms with Crippen molar-refractivity contribution in [2.45, 2.75) is 30.7 Å². The van der Waals surface area contributed by atoms with E-state index in [2.05, 4.69) is 5.32 Å². The van der Waals surface area contributed by atoms with E-state index in [4.69, 9.17) is 0 Å². The zero-order chi connectivity index (χ0) is 14.7. The number of nitrogens with one attached hydrogen (secondary N) is 1. The minimum atomic E-state index is -3.51. The second-order valence-corrected chi connectivity index (χ2v) is 7.10. The van der Waals surface area contributed by atoms with E-state index in [1.807, 2.05) is 13.8 Å². The molecule has 0 saturated heterocycles. The fraction of sp³-hybridized carbons (Fsp3) is 0.538. The highest BCUT2D eigenvalue weighted by Gasteiger charge is 2.26. The maximum Gasteiger partial charge on any atom is 0.244 e. The summed E-state index contributed by atoms with van der Waals surface area (Å²) < 4.78 is 25.7. The average Bonchev–Trinajstić information content (AvgIpc) is 2.38. The van der Waals surface area contributed by atoms with Gasteiger partial charge in [0.15, 0.2) is 0 Å². The predicted octanol–water partition coefficient (Wildman–Crippen LogP) is 1.51. The lowest BCUT2D eigenvalue weighted by molar-refractivity contribution is 0.218. The summed E-state index contributed by atoms with van der Waals surface area (Å²) in [6.45, 7) is 3.72. The van der Waals surface area contributed by atoms with Crippen LogP contribution in [0.5, 0.6) is 0 Å². The van der Waals surface area contributed by atoms with Crippen molar-refractivity contribution in [3.63, 3.8) is 0 Å². The number of anilines is 1. The topological polar surface area (TPSA) is 69.6 Å². The van der Waals surface area contributed by atoms with Gasteiger partial charge in [-0.2, -0.15) is 0 Å². The van der Waals surface area contributed by atoms with E-state index in [-0.39, 0.29) is 11.5 Å². The first-order chi connectivity index (χ1) is 8.77. The zero-order valence-corrected chi connectivity index (χ0v) is 12.7. The van der Waals surface area contributed by atoms with E-state index in [0.29, 0.717) is 12.1 Å². The van der Waals surface area contributed by atoms with Gasteiger partial charge in [-0.25, -0.2) is 12.7 Å². The Labute approximate surface area is 115 Å². The molecule has 5 nitrogen and oxygen atoms in total. The molecule has 6 heteroatoms. The van der Waals surface area contributed by atoms with Gasteiger partial charge >= 0.3 is 0 Å². The van der Waals surface area contributed by atoms with Crippen molar-refractivity contribution in [3.05, 3.63) is 24.3 Å². The lowest BCUT2D eigenvalue weighted by atomic mass is 10.00. The maximum atomic E-state index is 12.2. The van der Waals surface area contributed by atoms with Crippen molar-refractivity contribution >= 4 is 15.7 Å². The number of sulfonamides is 1. The Balaban J connectivity index is 3.25. The number of benzene rings is 1. The smallest absolute Gasteiger partial charge is 0.244 e. The molecule has 1 rings (SSSR count). The molecular weight excluding hydrogens is 264 g/mol. The van der Waals surface area contributed by atoms with Crippen LogP contribution in [0.25, 0.3) is 0 Å². The average molecular weight is 286 g/mol. The molecule has 0 saturated carbocycles. The van der Waals surface area contributed by atoms with Crippen molar-refractivity contribution in [1.82, 2.24) is 4.31 Å². The van der Waals surface area contributed by atoms with Crippen molar-refractivity contribution in [2.24, 2.45) is 0 Å². The van der Waals surface area contributed by atoms with E-state index in [1.54, 1.807) is 24.3 Å². The Morgan fingerprint density at radius 2 is 1.89 bits per heavy atom. The molecule has 0 fully saturated rings. The quantitative estimate of drug-likeness (QED) is 0.831. The lowest BCUT2D eigenvalue weighted by Gasteiger charge is -2.30. The van der Waals surface area contributed by atoms with Gasteiger partial charge in [-0.1, -0.05) is 19.1 Å². The molecule has 1 unspecified atom stereocenters. The molecule has 0 amide bonds. The van der Waals surface area contributed by atoms with Crippen molar-refractivity contribution < 1.29 is 13.5 Å². The third-order valence-corrected chi connectivity index (χ3v) is 5.08. The third kappa shape index (κ3) is 3.46. The first kappa shape index (κ1) is 15.9. The molecule has 0 heterocycles. The highest BCUT2D eigenvalue weighted by Crippen LogP contribution is 2.27. The second kappa shape index (κ2) is 5.90. The van der Waals surface area contributed by atoms with Gasteiger partial charge in [-0.15, -0.1) is 0 Å². The molecule has 19 heavy (non-hydrogen) atoms. The van der Waals surface area contributed by atoms with Crippen molar-refractivity contribution in [2.75, 3.05) is 26.0 Å². The molecular formula is C13H22N2O3S. The highest BCUT2D eigenvalue weighted by molar-refractivity contribution is 7.89. The summed E-state index contributed by atoms with van der Waals surface area (Å²) in [4.78, 5) is 0.216. The molecule has 0 radical (unpaired) electrons. The standard InChI is InChI=1S/C13H22N2O3S/c1-5-13(2,10-16)14-11-8-6-7-9-12(11)19(17,18)15(3)4/h6-9,14,16H,5,10H2,1-4H3. The number of para-hydroxylation sites is 1. The first-order valence-electron chi connectivity index (χ1n) is 6.17. The van der Waals surface area contributed by atoms with Crippen LogP contribution in [-0.4, -0.2) is 44.1 Å². The number of hydrogen-bond acceptors (Lipinski definition) is 4. The fourth-order valence-corrected chi connectivity index (χ4v) is 2.60. The minimum absolute atomic E-state index is 0.0696. The van der Waals surface area contributed by atoms with Crippen LogP contribution in [0.1, 0.15) is 20.3 Å². The summed E-state index contributed by atoms with van der Waals surface area (Å²) in [5, 5.41) is 12.6. The summed E-state index contributed by atoms with van der Waals surface area (Å²) >= 11 is 0. The van der Waals surface area contributed by atoms with Crippen molar-refractivity contribution in [3.8, 4) is 0 Å². The van der Waals surface area contributed by atoms with Crippen LogP contribution in [0.15, 0.2) is 29.2 Å². The number of rotatable bonds is 6. The molecule has 0 aliphatic carbocycles. The lowest BCUT2D eigenvalue weighted by Crippen LogP contribution is -2.38. The maximum absolute atomic E-state index is 12.2. The summed E-state index contributed by atoms with van der Waals surface area (Å²) in [6, 6.07) is 6.72. The normalized spacial score (nSPS) is 15.3. The third-order valence-electron chi connectivity index (χ3n) is 3.21. The predicted molar refractivity (Wildman–Crippen MR) is 76.7 cm³/mol. The molecule has 1 aromatic rings. The Bertz CT molecular complexity index is 522.